The number of nitrogens with two attached hydrogens (primary N) is 1. The van der Waals surface area contributed by atoms with Crippen LogP contribution in [0, 0.1) is 11.2 Å². The van der Waals surface area contributed by atoms with Gasteiger partial charge in [0, 0.05) is 13.0 Å². The van der Waals surface area contributed by atoms with Crippen molar-refractivity contribution in [3.8, 4) is 0 Å². The number of imide groups is 1. The molecule has 1 aliphatic heterocycles. The van der Waals surface area contributed by atoms with Crippen LogP contribution >= 0.6 is 0 Å². The molecule has 1 heterocycles. The number of amides is 3. The van der Waals surface area contributed by atoms with Crippen LogP contribution in [0.15, 0.2) is 53.4 Å². The maximum Gasteiger partial charge on any atom is 0.257 e. The SMILES string of the molecule is CC(C)(C)CC(=O)N(CCc1ccc(S(N)(=O)=O)cc1)C1CC(=O)N(c2ccc(F)cc2)C1=O. The van der Waals surface area contributed by atoms with Crippen molar-refractivity contribution in [3.05, 3.63) is 59.9 Å². The molecule has 0 aromatic heterocycles. The fourth-order valence-corrected chi connectivity index (χ4v) is 4.34. The molecular weight excluding hydrogens is 461 g/mol. The fourth-order valence-electron chi connectivity index (χ4n) is 3.83. The molecule has 0 bridgehead atoms. The number of anilines is 1. The summed E-state index contributed by atoms with van der Waals surface area (Å²) in [6.45, 7) is 5.87. The number of sulfonamides is 1. The number of halogens is 1. The highest BCUT2D eigenvalue weighted by Crippen LogP contribution is 2.28. The molecule has 3 rings (SSSR count). The summed E-state index contributed by atoms with van der Waals surface area (Å²) >= 11 is 0. The van der Waals surface area contributed by atoms with Crippen LogP contribution in [0.5, 0.6) is 0 Å². The molecule has 0 spiro atoms. The summed E-state index contributed by atoms with van der Waals surface area (Å²) in [4.78, 5) is 41.5. The summed E-state index contributed by atoms with van der Waals surface area (Å²) in [6, 6.07) is 10.0. The van der Waals surface area contributed by atoms with Crippen LogP contribution in [-0.4, -0.2) is 43.6 Å². The van der Waals surface area contributed by atoms with E-state index in [0.717, 1.165) is 22.6 Å². The quantitative estimate of drug-likeness (QED) is 0.600. The average Bonchev–Trinajstić information content (AvgIpc) is 3.01. The molecule has 1 atom stereocenters. The average molecular weight is 490 g/mol. The van der Waals surface area contributed by atoms with E-state index in [1.807, 2.05) is 20.8 Å². The highest BCUT2D eigenvalue weighted by Gasteiger charge is 2.44. The van der Waals surface area contributed by atoms with Crippen LogP contribution in [0.1, 0.15) is 39.2 Å². The molecule has 0 radical (unpaired) electrons. The Balaban J connectivity index is 1.84. The second-order valence-corrected chi connectivity index (χ2v) is 11.1. The van der Waals surface area contributed by atoms with Gasteiger partial charge in [-0.05, 0) is 53.8 Å². The molecule has 0 aliphatic carbocycles. The molecule has 2 N–H and O–H groups in total. The van der Waals surface area contributed by atoms with E-state index in [0.29, 0.717) is 6.42 Å². The third kappa shape index (κ3) is 6.06. The Bertz CT molecular complexity index is 1190. The minimum atomic E-state index is -3.82. The lowest BCUT2D eigenvalue weighted by atomic mass is 9.91. The number of carbonyl (C=O) groups is 3. The molecule has 34 heavy (non-hydrogen) atoms. The van der Waals surface area contributed by atoms with Gasteiger partial charge in [0.15, 0.2) is 0 Å². The predicted octanol–water partition coefficient (Wildman–Crippen LogP) is 2.61. The Morgan fingerprint density at radius 1 is 1.09 bits per heavy atom. The molecule has 1 fully saturated rings. The van der Waals surface area contributed by atoms with E-state index in [1.165, 1.54) is 29.2 Å². The van der Waals surface area contributed by atoms with E-state index < -0.39 is 33.7 Å². The number of hydrogen-bond acceptors (Lipinski definition) is 5. The maximum atomic E-state index is 13.3. The van der Waals surface area contributed by atoms with Gasteiger partial charge in [-0.2, -0.15) is 0 Å². The summed E-state index contributed by atoms with van der Waals surface area (Å²) < 4.78 is 36.2. The zero-order chi connectivity index (χ0) is 25.3. The topological polar surface area (TPSA) is 118 Å². The monoisotopic (exact) mass is 489 g/mol. The zero-order valence-corrected chi connectivity index (χ0v) is 20.1. The fraction of sp³-hybridized carbons (Fsp3) is 0.375. The van der Waals surface area contributed by atoms with Crippen LogP contribution in [0.2, 0.25) is 0 Å². The van der Waals surface area contributed by atoms with Gasteiger partial charge in [-0.3, -0.25) is 14.4 Å². The van der Waals surface area contributed by atoms with E-state index in [-0.39, 0.29) is 41.3 Å². The van der Waals surface area contributed by atoms with Crippen molar-refractivity contribution in [3.63, 3.8) is 0 Å². The van der Waals surface area contributed by atoms with Crippen molar-refractivity contribution in [2.75, 3.05) is 11.4 Å². The molecule has 8 nitrogen and oxygen atoms in total. The summed E-state index contributed by atoms with van der Waals surface area (Å²) in [7, 11) is -3.82. The Labute approximate surface area is 198 Å². The number of rotatable bonds is 7. The first kappa shape index (κ1) is 25.5. The predicted molar refractivity (Wildman–Crippen MR) is 125 cm³/mol. The van der Waals surface area contributed by atoms with Gasteiger partial charge in [-0.25, -0.2) is 22.8 Å². The van der Waals surface area contributed by atoms with E-state index in [1.54, 1.807) is 12.1 Å². The Morgan fingerprint density at radius 2 is 1.68 bits per heavy atom. The van der Waals surface area contributed by atoms with Crippen LogP contribution in [-0.2, 0) is 30.8 Å². The first-order valence-corrected chi connectivity index (χ1v) is 12.3. The maximum absolute atomic E-state index is 13.3. The zero-order valence-electron chi connectivity index (χ0n) is 19.3. The second-order valence-electron chi connectivity index (χ2n) is 9.53. The van der Waals surface area contributed by atoms with Gasteiger partial charge in [0.25, 0.3) is 5.91 Å². The number of benzene rings is 2. The lowest BCUT2D eigenvalue weighted by Crippen LogP contribution is -2.47. The molecule has 0 saturated carbocycles. The van der Waals surface area contributed by atoms with Crippen molar-refractivity contribution in [1.29, 1.82) is 0 Å². The smallest absolute Gasteiger partial charge is 0.257 e. The molecule has 1 unspecified atom stereocenters. The van der Waals surface area contributed by atoms with Crippen LogP contribution in [0.3, 0.4) is 0 Å². The summed E-state index contributed by atoms with van der Waals surface area (Å²) in [6.07, 6.45) is 0.345. The molecule has 2 aromatic rings. The van der Waals surface area contributed by atoms with Gasteiger partial charge >= 0.3 is 0 Å². The lowest BCUT2D eigenvalue weighted by Gasteiger charge is -2.30. The molecule has 182 valence electrons. The van der Waals surface area contributed by atoms with Gasteiger partial charge in [0.2, 0.25) is 21.8 Å². The minimum absolute atomic E-state index is 0.0246. The number of nitrogens with zero attached hydrogens (tertiary/aromatic N) is 2. The molecule has 3 amide bonds. The molecule has 1 saturated heterocycles. The minimum Gasteiger partial charge on any atom is -0.330 e. The first-order chi connectivity index (χ1) is 15.8. The van der Waals surface area contributed by atoms with Crippen molar-refractivity contribution in [1.82, 2.24) is 4.90 Å². The number of carbonyl (C=O) groups excluding carboxylic acids is 3. The standard InChI is InChI=1S/C24H28FN3O5S/c1-24(2,3)15-22(30)27(13-12-16-4-10-19(11-5-16)34(26,32)33)20-14-21(29)28(23(20)31)18-8-6-17(25)7-9-18/h4-11,20H,12-15H2,1-3H3,(H2,26,32,33). The van der Waals surface area contributed by atoms with Crippen LogP contribution < -0.4 is 10.0 Å². The lowest BCUT2D eigenvalue weighted by molar-refractivity contribution is -0.139. The Morgan fingerprint density at radius 3 is 2.21 bits per heavy atom. The van der Waals surface area contributed by atoms with E-state index in [4.69, 9.17) is 5.14 Å². The van der Waals surface area contributed by atoms with Crippen molar-refractivity contribution in [2.45, 2.75) is 51.0 Å². The molecule has 10 heteroatoms. The molecule has 1 aliphatic rings. The third-order valence-corrected chi connectivity index (χ3v) is 6.41. The Kier molecular flexibility index (Phi) is 7.23. The molecular formula is C24H28FN3O5S. The van der Waals surface area contributed by atoms with Gasteiger partial charge in [0.1, 0.15) is 11.9 Å². The van der Waals surface area contributed by atoms with Crippen molar-refractivity contribution in [2.24, 2.45) is 10.6 Å². The van der Waals surface area contributed by atoms with Crippen molar-refractivity contribution >= 4 is 33.4 Å². The third-order valence-electron chi connectivity index (χ3n) is 5.48. The first-order valence-electron chi connectivity index (χ1n) is 10.8. The highest BCUT2D eigenvalue weighted by atomic mass is 32.2. The summed E-state index contributed by atoms with van der Waals surface area (Å²) in [5.74, 6) is -1.76. The summed E-state index contributed by atoms with van der Waals surface area (Å²) in [5, 5.41) is 5.13. The van der Waals surface area contributed by atoms with Crippen LogP contribution in [0.25, 0.3) is 0 Å². The second kappa shape index (κ2) is 9.63. The summed E-state index contributed by atoms with van der Waals surface area (Å²) in [5.41, 5.74) is 0.656. The van der Waals surface area contributed by atoms with E-state index in [9.17, 15) is 27.2 Å². The van der Waals surface area contributed by atoms with Gasteiger partial charge in [-0.1, -0.05) is 32.9 Å². The van der Waals surface area contributed by atoms with Gasteiger partial charge in [-0.15, -0.1) is 0 Å². The Hall–Kier alpha value is -3.11. The van der Waals surface area contributed by atoms with Gasteiger partial charge in [0.05, 0.1) is 17.0 Å². The normalized spacial score (nSPS) is 16.7. The number of primary sulfonamides is 1. The van der Waals surface area contributed by atoms with Crippen LogP contribution in [0.4, 0.5) is 10.1 Å². The highest BCUT2D eigenvalue weighted by molar-refractivity contribution is 7.89. The van der Waals surface area contributed by atoms with Gasteiger partial charge < -0.3 is 4.90 Å². The molecule has 2 aromatic carbocycles. The number of hydrogen-bond donors (Lipinski definition) is 1. The van der Waals surface area contributed by atoms with E-state index >= 15 is 0 Å². The van der Waals surface area contributed by atoms with Crippen molar-refractivity contribution < 1.29 is 27.2 Å². The largest absolute Gasteiger partial charge is 0.330 e. The van der Waals surface area contributed by atoms with E-state index in [2.05, 4.69) is 0 Å².